The van der Waals surface area contributed by atoms with E-state index in [1.54, 1.807) is 26.2 Å². The Labute approximate surface area is 93.8 Å². The summed E-state index contributed by atoms with van der Waals surface area (Å²) in [4.78, 5) is 11.4. The van der Waals surface area contributed by atoms with Crippen LogP contribution < -0.4 is 10.6 Å². The van der Waals surface area contributed by atoms with Crippen molar-refractivity contribution in [2.45, 2.75) is 13.0 Å². The molecule has 2 N–H and O–H groups in total. The minimum atomic E-state index is -0.461. The summed E-state index contributed by atoms with van der Waals surface area (Å²) >= 11 is 0. The molecule has 0 fully saturated rings. The molecule has 0 saturated carbocycles. The lowest BCUT2D eigenvalue weighted by molar-refractivity contribution is 0.173. The summed E-state index contributed by atoms with van der Waals surface area (Å²) in [5, 5.41) is 5.03. The van der Waals surface area contributed by atoms with Gasteiger partial charge in [0.15, 0.2) is 0 Å². The van der Waals surface area contributed by atoms with Crippen molar-refractivity contribution in [3.63, 3.8) is 0 Å². The van der Waals surface area contributed by atoms with Gasteiger partial charge in [-0.25, -0.2) is 9.18 Å². The first-order valence-corrected chi connectivity index (χ1v) is 4.94. The first kappa shape index (κ1) is 12.4. The predicted molar refractivity (Wildman–Crippen MR) is 59.9 cm³/mol. The fourth-order valence-corrected chi connectivity index (χ4v) is 1.24. The third kappa shape index (κ3) is 3.86. The van der Waals surface area contributed by atoms with Crippen LogP contribution in [-0.2, 0) is 4.74 Å². The van der Waals surface area contributed by atoms with Crippen molar-refractivity contribution in [3.8, 4) is 0 Å². The van der Waals surface area contributed by atoms with E-state index in [1.807, 2.05) is 0 Å². The maximum absolute atomic E-state index is 13.2. The molecule has 0 saturated heterocycles. The van der Waals surface area contributed by atoms with Gasteiger partial charge in [-0.15, -0.1) is 0 Å². The average molecular weight is 226 g/mol. The van der Waals surface area contributed by atoms with Crippen LogP contribution in [0.5, 0.6) is 0 Å². The molecule has 1 rings (SSSR count). The highest BCUT2D eigenvalue weighted by atomic mass is 19.1. The van der Waals surface area contributed by atoms with E-state index in [0.29, 0.717) is 6.61 Å². The summed E-state index contributed by atoms with van der Waals surface area (Å²) in [6.07, 6.45) is 0. The monoisotopic (exact) mass is 226 g/mol. The molecule has 16 heavy (non-hydrogen) atoms. The van der Waals surface area contributed by atoms with Crippen LogP contribution in [0.15, 0.2) is 24.3 Å². The molecule has 1 atom stereocenters. The highest BCUT2D eigenvalue weighted by Crippen LogP contribution is 2.11. The third-order valence-corrected chi connectivity index (χ3v) is 1.92. The van der Waals surface area contributed by atoms with Crippen LogP contribution in [0, 0.1) is 5.82 Å². The first-order chi connectivity index (χ1) is 7.63. The van der Waals surface area contributed by atoms with Gasteiger partial charge in [-0.3, -0.25) is 0 Å². The van der Waals surface area contributed by atoms with Gasteiger partial charge >= 0.3 is 6.03 Å². The normalized spacial score (nSPS) is 11.9. The molecule has 0 spiro atoms. The Bertz CT molecular complexity index is 358. The zero-order chi connectivity index (χ0) is 12.0. The van der Waals surface area contributed by atoms with Crippen LogP contribution in [0.2, 0.25) is 0 Å². The lowest BCUT2D eigenvalue weighted by atomic mass is 10.3. The number of rotatable bonds is 4. The van der Waals surface area contributed by atoms with Crippen LogP contribution in [0.4, 0.5) is 14.9 Å². The molecule has 0 aliphatic carbocycles. The molecular formula is C11H15FN2O2. The summed E-state index contributed by atoms with van der Waals surface area (Å²) in [6, 6.07) is 5.42. The van der Waals surface area contributed by atoms with Crippen LogP contribution in [0.25, 0.3) is 0 Å². The van der Waals surface area contributed by atoms with Gasteiger partial charge in [0.25, 0.3) is 0 Å². The molecule has 0 aliphatic heterocycles. The van der Waals surface area contributed by atoms with Gasteiger partial charge in [0.2, 0.25) is 0 Å². The number of amides is 2. The second kappa shape index (κ2) is 6.07. The van der Waals surface area contributed by atoms with Crippen molar-refractivity contribution < 1.29 is 13.9 Å². The molecule has 0 heterocycles. The fraction of sp³-hybridized carbons (Fsp3) is 0.364. The van der Waals surface area contributed by atoms with E-state index < -0.39 is 11.8 Å². The smallest absolute Gasteiger partial charge is 0.319 e. The highest BCUT2D eigenvalue weighted by molar-refractivity contribution is 5.89. The Morgan fingerprint density at radius 3 is 2.81 bits per heavy atom. The van der Waals surface area contributed by atoms with Gasteiger partial charge in [0.05, 0.1) is 18.3 Å². The number of halogens is 1. The molecule has 4 nitrogen and oxygen atoms in total. The van der Waals surface area contributed by atoms with Gasteiger partial charge < -0.3 is 15.4 Å². The zero-order valence-corrected chi connectivity index (χ0v) is 9.29. The SMILES string of the molecule is COC[C@H](C)NC(=O)Nc1ccccc1F. The van der Waals surface area contributed by atoms with Gasteiger partial charge in [0.1, 0.15) is 5.82 Å². The van der Waals surface area contributed by atoms with Gasteiger partial charge in [-0.1, -0.05) is 12.1 Å². The molecule has 2 amide bonds. The van der Waals surface area contributed by atoms with E-state index in [9.17, 15) is 9.18 Å². The third-order valence-electron chi connectivity index (χ3n) is 1.92. The highest BCUT2D eigenvalue weighted by Gasteiger charge is 2.08. The van der Waals surface area contributed by atoms with Crippen LogP contribution in [-0.4, -0.2) is 25.8 Å². The number of ether oxygens (including phenoxy) is 1. The van der Waals surface area contributed by atoms with Crippen molar-refractivity contribution in [1.29, 1.82) is 0 Å². The summed E-state index contributed by atoms with van der Waals surface area (Å²) in [5.41, 5.74) is 0.157. The number of carbonyl (C=O) groups is 1. The summed E-state index contributed by atoms with van der Waals surface area (Å²) < 4.78 is 18.0. The summed E-state index contributed by atoms with van der Waals surface area (Å²) in [5.74, 6) is -0.461. The van der Waals surface area contributed by atoms with Gasteiger partial charge in [0, 0.05) is 7.11 Å². The Morgan fingerprint density at radius 1 is 1.50 bits per heavy atom. The maximum Gasteiger partial charge on any atom is 0.319 e. The lowest BCUT2D eigenvalue weighted by Gasteiger charge is -2.13. The minimum absolute atomic E-state index is 0.128. The quantitative estimate of drug-likeness (QED) is 0.824. The number of carbonyl (C=O) groups excluding carboxylic acids is 1. The molecule has 0 unspecified atom stereocenters. The van der Waals surface area contributed by atoms with Crippen LogP contribution in [0.1, 0.15) is 6.92 Å². The molecule has 5 heteroatoms. The molecule has 1 aromatic carbocycles. The minimum Gasteiger partial charge on any atom is -0.383 e. The zero-order valence-electron chi connectivity index (χ0n) is 9.29. The van der Waals surface area contributed by atoms with E-state index in [0.717, 1.165) is 0 Å². The number of para-hydroxylation sites is 1. The van der Waals surface area contributed by atoms with Crippen molar-refractivity contribution in [3.05, 3.63) is 30.1 Å². The number of hydrogen-bond donors (Lipinski definition) is 2. The van der Waals surface area contributed by atoms with Crippen LogP contribution in [0.3, 0.4) is 0 Å². The second-order valence-corrected chi connectivity index (χ2v) is 3.43. The Morgan fingerprint density at radius 2 is 2.19 bits per heavy atom. The van der Waals surface area contributed by atoms with E-state index in [4.69, 9.17) is 4.74 Å². The van der Waals surface area contributed by atoms with E-state index >= 15 is 0 Å². The summed E-state index contributed by atoms with van der Waals surface area (Å²) in [7, 11) is 1.55. The Hall–Kier alpha value is -1.62. The van der Waals surface area contributed by atoms with Gasteiger partial charge in [-0.05, 0) is 19.1 Å². The number of methoxy groups -OCH3 is 1. The van der Waals surface area contributed by atoms with Crippen molar-refractivity contribution >= 4 is 11.7 Å². The Kier molecular flexibility index (Phi) is 4.72. The molecular weight excluding hydrogens is 211 g/mol. The van der Waals surface area contributed by atoms with E-state index in [1.165, 1.54) is 12.1 Å². The van der Waals surface area contributed by atoms with Gasteiger partial charge in [-0.2, -0.15) is 0 Å². The maximum atomic E-state index is 13.2. The summed E-state index contributed by atoms with van der Waals surface area (Å²) in [6.45, 7) is 2.20. The first-order valence-electron chi connectivity index (χ1n) is 4.94. The fourth-order valence-electron chi connectivity index (χ4n) is 1.24. The standard InChI is InChI=1S/C11H15FN2O2/c1-8(7-16-2)13-11(15)14-10-6-4-3-5-9(10)12/h3-6,8H,7H2,1-2H3,(H2,13,14,15)/t8-/m0/s1. The Balaban J connectivity index is 2.49. The molecule has 1 aromatic rings. The lowest BCUT2D eigenvalue weighted by Crippen LogP contribution is -2.38. The number of urea groups is 1. The number of hydrogen-bond acceptors (Lipinski definition) is 2. The number of nitrogens with one attached hydrogen (secondary N) is 2. The largest absolute Gasteiger partial charge is 0.383 e. The van der Waals surface area contributed by atoms with Crippen LogP contribution >= 0.6 is 0 Å². The predicted octanol–water partition coefficient (Wildman–Crippen LogP) is 1.98. The number of anilines is 1. The molecule has 0 bridgehead atoms. The van der Waals surface area contributed by atoms with Crippen molar-refractivity contribution in [1.82, 2.24) is 5.32 Å². The second-order valence-electron chi connectivity index (χ2n) is 3.43. The molecule has 0 radical (unpaired) electrons. The number of benzene rings is 1. The molecule has 0 aliphatic rings. The molecule has 0 aromatic heterocycles. The average Bonchev–Trinajstić information content (AvgIpc) is 2.21. The molecule has 88 valence electrons. The topological polar surface area (TPSA) is 50.4 Å². The van der Waals surface area contributed by atoms with E-state index in [2.05, 4.69) is 10.6 Å². The van der Waals surface area contributed by atoms with E-state index in [-0.39, 0.29) is 11.7 Å². The van der Waals surface area contributed by atoms with Crippen molar-refractivity contribution in [2.75, 3.05) is 19.0 Å². The van der Waals surface area contributed by atoms with Crippen molar-refractivity contribution in [2.24, 2.45) is 0 Å².